The number of hydrogen-bond acceptors (Lipinski definition) is 8. The lowest BCUT2D eigenvalue weighted by molar-refractivity contribution is -0.144. The molecular formula is C27H30N4O4S2. The molecule has 4 aromatic rings. The van der Waals surface area contributed by atoms with Gasteiger partial charge in [0, 0.05) is 43.5 Å². The van der Waals surface area contributed by atoms with Crippen molar-refractivity contribution in [3.05, 3.63) is 58.1 Å². The second kappa shape index (κ2) is 11.6. The fourth-order valence-electron chi connectivity index (χ4n) is 4.77. The monoisotopic (exact) mass is 538 g/mol. The number of furan rings is 1. The summed E-state index contributed by atoms with van der Waals surface area (Å²) in [6.45, 7) is 6.46. The highest BCUT2D eigenvalue weighted by Crippen LogP contribution is 2.32. The number of nitrogens with zero attached hydrogens (tertiary/aromatic N) is 4. The normalized spacial score (nSPS) is 15.7. The number of benzene rings is 1. The zero-order valence-electron chi connectivity index (χ0n) is 20.7. The van der Waals surface area contributed by atoms with Crippen LogP contribution in [0.5, 0.6) is 0 Å². The number of para-hydroxylation sites is 1. The van der Waals surface area contributed by atoms with Gasteiger partial charge < -0.3 is 14.4 Å². The van der Waals surface area contributed by atoms with Crippen molar-refractivity contribution >= 4 is 50.7 Å². The Bertz CT molecular complexity index is 1310. The number of aliphatic carboxylic acids is 1. The van der Waals surface area contributed by atoms with Crippen LogP contribution in [-0.4, -0.2) is 77.1 Å². The summed E-state index contributed by atoms with van der Waals surface area (Å²) in [5.41, 5.74) is 1.53. The van der Waals surface area contributed by atoms with Gasteiger partial charge in [-0.2, -0.15) is 0 Å². The minimum absolute atomic E-state index is 0.0439. The Kier molecular flexibility index (Phi) is 7.99. The van der Waals surface area contributed by atoms with Crippen LogP contribution in [0.25, 0.3) is 22.4 Å². The molecule has 0 bridgehead atoms. The summed E-state index contributed by atoms with van der Waals surface area (Å²) in [6, 6.07) is 13.2. The van der Waals surface area contributed by atoms with Gasteiger partial charge in [-0.3, -0.25) is 19.4 Å². The van der Waals surface area contributed by atoms with Crippen molar-refractivity contribution < 1.29 is 19.1 Å². The maximum Gasteiger partial charge on any atom is 0.320 e. The molecule has 10 heteroatoms. The van der Waals surface area contributed by atoms with Crippen molar-refractivity contribution in [2.75, 3.05) is 44.2 Å². The minimum atomic E-state index is -0.746. The van der Waals surface area contributed by atoms with Gasteiger partial charge in [0.1, 0.15) is 17.3 Å². The van der Waals surface area contributed by atoms with Crippen LogP contribution in [0.4, 0.5) is 5.13 Å². The Hall–Kier alpha value is -3.05. The summed E-state index contributed by atoms with van der Waals surface area (Å²) < 4.78 is 5.98. The molecule has 1 atom stereocenters. The molecule has 0 spiro atoms. The van der Waals surface area contributed by atoms with Gasteiger partial charge in [0.25, 0.3) is 5.91 Å². The van der Waals surface area contributed by atoms with Gasteiger partial charge in [0.15, 0.2) is 10.9 Å². The molecule has 0 saturated carbocycles. The molecule has 1 N–H and O–H groups in total. The number of fused-ring (bicyclic) bond motifs is 1. The molecule has 0 radical (unpaired) electrons. The van der Waals surface area contributed by atoms with E-state index in [9.17, 15) is 14.7 Å². The summed E-state index contributed by atoms with van der Waals surface area (Å²) in [7, 11) is 0. The maximum atomic E-state index is 13.4. The molecule has 1 fully saturated rings. The number of carboxylic acids is 1. The average molecular weight is 539 g/mol. The van der Waals surface area contributed by atoms with Crippen LogP contribution in [0, 0.1) is 0 Å². The largest absolute Gasteiger partial charge is 0.480 e. The number of anilines is 1. The van der Waals surface area contributed by atoms with E-state index in [0.29, 0.717) is 28.7 Å². The standard InChI is InChI=1S/C27H30N4O4S2/c1-2-21(26(33)34)30-14-12-29(13-15-30)10-6-11-31(25(32)24-9-5-16-36-24)27-28-20(18-37-27)23-17-19-7-3-4-8-22(19)35-23/h3-5,7-9,16-18,21H,2,6,10-15H2,1H3,(H,33,34). The van der Waals surface area contributed by atoms with Gasteiger partial charge in [0.05, 0.1) is 4.88 Å². The molecule has 37 heavy (non-hydrogen) atoms. The maximum absolute atomic E-state index is 13.4. The fraction of sp³-hybridized carbons (Fsp3) is 0.370. The number of aromatic nitrogens is 1. The van der Waals surface area contributed by atoms with Crippen LogP contribution in [-0.2, 0) is 4.79 Å². The van der Waals surface area contributed by atoms with Crippen molar-refractivity contribution in [1.29, 1.82) is 0 Å². The third kappa shape index (κ3) is 5.77. The van der Waals surface area contributed by atoms with Gasteiger partial charge in [-0.1, -0.05) is 31.2 Å². The Morgan fingerprint density at radius 1 is 1.14 bits per heavy atom. The van der Waals surface area contributed by atoms with E-state index in [0.717, 1.165) is 55.8 Å². The van der Waals surface area contributed by atoms with E-state index in [1.165, 1.54) is 22.7 Å². The molecule has 1 amide bonds. The van der Waals surface area contributed by atoms with E-state index in [1.807, 2.05) is 60.1 Å². The third-order valence-corrected chi connectivity index (χ3v) is 8.47. The molecule has 5 rings (SSSR count). The van der Waals surface area contributed by atoms with Gasteiger partial charge in [-0.25, -0.2) is 4.98 Å². The molecule has 1 aliphatic rings. The molecular weight excluding hydrogens is 508 g/mol. The van der Waals surface area contributed by atoms with E-state index in [1.54, 1.807) is 4.90 Å². The Morgan fingerprint density at radius 3 is 2.65 bits per heavy atom. The lowest BCUT2D eigenvalue weighted by Crippen LogP contribution is -2.52. The second-order valence-corrected chi connectivity index (χ2v) is 10.9. The molecule has 1 aliphatic heterocycles. The van der Waals surface area contributed by atoms with Crippen LogP contribution in [0.15, 0.2) is 57.6 Å². The number of thiophene rings is 1. The lowest BCUT2D eigenvalue weighted by Gasteiger charge is -2.37. The topological polar surface area (TPSA) is 90.1 Å². The van der Waals surface area contributed by atoms with Crippen LogP contribution >= 0.6 is 22.7 Å². The highest BCUT2D eigenvalue weighted by atomic mass is 32.1. The quantitative estimate of drug-likeness (QED) is 0.299. The first kappa shape index (κ1) is 25.6. The minimum Gasteiger partial charge on any atom is -0.480 e. The molecule has 3 aromatic heterocycles. The number of amides is 1. The van der Waals surface area contributed by atoms with Crippen molar-refractivity contribution in [2.45, 2.75) is 25.8 Å². The van der Waals surface area contributed by atoms with Gasteiger partial charge in [0.2, 0.25) is 0 Å². The molecule has 194 valence electrons. The van der Waals surface area contributed by atoms with Crippen LogP contribution in [0.3, 0.4) is 0 Å². The van der Waals surface area contributed by atoms with E-state index in [4.69, 9.17) is 9.40 Å². The number of rotatable bonds is 10. The van der Waals surface area contributed by atoms with Gasteiger partial charge in [-0.15, -0.1) is 22.7 Å². The predicted octanol–water partition coefficient (Wildman–Crippen LogP) is 5.14. The molecule has 4 heterocycles. The molecule has 8 nitrogen and oxygen atoms in total. The molecule has 1 aromatic carbocycles. The number of piperazine rings is 1. The number of carbonyl (C=O) groups excluding carboxylic acids is 1. The fourth-order valence-corrected chi connectivity index (χ4v) is 6.28. The zero-order valence-corrected chi connectivity index (χ0v) is 22.3. The average Bonchev–Trinajstić information content (AvgIpc) is 3.68. The van der Waals surface area contributed by atoms with Crippen molar-refractivity contribution in [3.63, 3.8) is 0 Å². The summed E-state index contributed by atoms with van der Waals surface area (Å²) >= 11 is 2.88. The molecule has 1 unspecified atom stereocenters. The van der Waals surface area contributed by atoms with E-state index in [2.05, 4.69) is 9.80 Å². The first-order chi connectivity index (χ1) is 18.0. The predicted molar refractivity (Wildman–Crippen MR) is 148 cm³/mol. The zero-order chi connectivity index (χ0) is 25.8. The first-order valence-electron chi connectivity index (χ1n) is 12.5. The number of carboxylic acid groups (broad SMARTS) is 1. The van der Waals surface area contributed by atoms with Crippen LogP contribution in [0.1, 0.15) is 29.4 Å². The lowest BCUT2D eigenvalue weighted by atomic mass is 10.1. The van der Waals surface area contributed by atoms with E-state index >= 15 is 0 Å². The SMILES string of the molecule is CCC(C(=O)O)N1CCN(CCCN(C(=O)c2cccs2)c2nc(-c3cc4ccccc4o3)cs2)CC1. The Balaban J connectivity index is 1.25. The van der Waals surface area contributed by atoms with Crippen molar-refractivity contribution in [2.24, 2.45) is 0 Å². The van der Waals surface area contributed by atoms with Crippen molar-refractivity contribution in [3.8, 4) is 11.5 Å². The van der Waals surface area contributed by atoms with Gasteiger partial charge in [-0.05, 0) is 43.0 Å². The van der Waals surface area contributed by atoms with Crippen LogP contribution in [0.2, 0.25) is 0 Å². The highest BCUT2D eigenvalue weighted by Gasteiger charge is 2.28. The van der Waals surface area contributed by atoms with Crippen molar-refractivity contribution in [1.82, 2.24) is 14.8 Å². The Labute approximate surface area is 223 Å². The number of carbonyl (C=O) groups is 2. The number of hydrogen-bond donors (Lipinski definition) is 1. The van der Waals surface area contributed by atoms with E-state index in [-0.39, 0.29) is 5.91 Å². The molecule has 1 saturated heterocycles. The summed E-state index contributed by atoms with van der Waals surface area (Å²) in [4.78, 5) is 36.5. The third-order valence-electron chi connectivity index (χ3n) is 6.75. The number of thiazole rings is 1. The summed E-state index contributed by atoms with van der Waals surface area (Å²) in [6.07, 6.45) is 1.41. The van der Waals surface area contributed by atoms with Gasteiger partial charge >= 0.3 is 5.97 Å². The second-order valence-electron chi connectivity index (χ2n) is 9.09. The highest BCUT2D eigenvalue weighted by molar-refractivity contribution is 7.14. The summed E-state index contributed by atoms with van der Waals surface area (Å²) in [5, 5.41) is 15.0. The van der Waals surface area contributed by atoms with Crippen LogP contribution < -0.4 is 4.90 Å². The van der Waals surface area contributed by atoms with E-state index < -0.39 is 12.0 Å². The first-order valence-corrected chi connectivity index (χ1v) is 14.3. The Morgan fingerprint density at radius 2 is 1.95 bits per heavy atom. The smallest absolute Gasteiger partial charge is 0.320 e. The molecule has 0 aliphatic carbocycles. The summed E-state index contributed by atoms with van der Waals surface area (Å²) in [5.74, 6) is -0.0986.